The van der Waals surface area contributed by atoms with E-state index in [9.17, 15) is 0 Å². The highest BCUT2D eigenvalue weighted by Crippen LogP contribution is 2.38. The summed E-state index contributed by atoms with van der Waals surface area (Å²) in [5, 5.41) is 8.90. The smallest absolute Gasteiger partial charge is 0.134 e. The van der Waals surface area contributed by atoms with E-state index in [1.165, 1.54) is 48.9 Å². The van der Waals surface area contributed by atoms with Crippen molar-refractivity contribution in [3.05, 3.63) is 5.69 Å². The van der Waals surface area contributed by atoms with Gasteiger partial charge in [0, 0.05) is 37.7 Å². The number of likely N-dealkylation sites (tertiary alicyclic amines) is 1. The number of hydrogen-bond donors (Lipinski definition) is 1. The molecule has 18 heavy (non-hydrogen) atoms. The molecule has 0 amide bonds. The minimum atomic E-state index is 0.962. The van der Waals surface area contributed by atoms with Gasteiger partial charge in [0.1, 0.15) is 10.7 Å². The second-order valence-electron chi connectivity index (χ2n) is 5.62. The van der Waals surface area contributed by atoms with Gasteiger partial charge in [-0.05, 0) is 31.1 Å². The topological polar surface area (TPSA) is 41.1 Å². The molecule has 1 aliphatic carbocycles. The average Bonchev–Trinajstić information content (AvgIpc) is 3.02. The van der Waals surface area contributed by atoms with Gasteiger partial charge in [-0.1, -0.05) is 17.8 Å². The van der Waals surface area contributed by atoms with Gasteiger partial charge in [0.2, 0.25) is 0 Å². The number of hydrogen-bond acceptors (Lipinski definition) is 5. The molecule has 2 atom stereocenters. The molecule has 1 saturated heterocycles. The summed E-state index contributed by atoms with van der Waals surface area (Å²) in [4.78, 5) is 2.57. The zero-order valence-electron chi connectivity index (χ0n) is 11.1. The van der Waals surface area contributed by atoms with Gasteiger partial charge in [0.25, 0.3) is 0 Å². The molecule has 3 rings (SSSR count). The predicted octanol–water partition coefficient (Wildman–Crippen LogP) is 2.59. The van der Waals surface area contributed by atoms with Crippen LogP contribution in [0.2, 0.25) is 0 Å². The summed E-state index contributed by atoms with van der Waals surface area (Å²) in [7, 11) is 0. The number of nitrogens with one attached hydrogen (secondary N) is 1. The number of rotatable bonds is 5. The molecule has 1 aliphatic heterocycles. The minimum absolute atomic E-state index is 0.962. The molecular formula is C13H22N4S. The van der Waals surface area contributed by atoms with Gasteiger partial charge in [0.15, 0.2) is 0 Å². The summed E-state index contributed by atoms with van der Waals surface area (Å²) < 4.78 is 4.09. The minimum Gasteiger partial charge on any atom is -0.374 e. The van der Waals surface area contributed by atoms with Crippen molar-refractivity contribution in [2.45, 2.75) is 39.2 Å². The van der Waals surface area contributed by atoms with E-state index in [4.69, 9.17) is 0 Å². The van der Waals surface area contributed by atoms with E-state index < -0.39 is 0 Å². The summed E-state index contributed by atoms with van der Waals surface area (Å²) in [5.41, 5.74) is 1.15. The van der Waals surface area contributed by atoms with Crippen molar-refractivity contribution < 1.29 is 0 Å². The highest BCUT2D eigenvalue weighted by molar-refractivity contribution is 7.10. The van der Waals surface area contributed by atoms with Crippen LogP contribution in [0.4, 0.5) is 5.00 Å². The maximum Gasteiger partial charge on any atom is 0.134 e. The zero-order valence-corrected chi connectivity index (χ0v) is 11.9. The van der Waals surface area contributed by atoms with E-state index in [0.717, 1.165) is 37.0 Å². The molecule has 1 saturated carbocycles. The SMILES string of the molecule is CCCNc1snnc1CN1CC2CCCC2C1. The first-order chi connectivity index (χ1) is 8.86. The van der Waals surface area contributed by atoms with E-state index in [2.05, 4.69) is 26.7 Å². The standard InChI is InChI=1S/C13H22N4S/c1-2-6-14-13-12(15-16-18-13)9-17-7-10-4-3-5-11(10)8-17/h10-11,14H,2-9H2,1H3. The molecule has 0 radical (unpaired) electrons. The Hall–Kier alpha value is -0.680. The summed E-state index contributed by atoms with van der Waals surface area (Å²) in [6.45, 7) is 6.73. The normalized spacial score (nSPS) is 27.6. The van der Waals surface area contributed by atoms with E-state index in [0.29, 0.717) is 0 Å². The van der Waals surface area contributed by atoms with Crippen molar-refractivity contribution in [1.29, 1.82) is 0 Å². The first kappa shape index (κ1) is 12.4. The molecule has 0 aromatic carbocycles. The maximum absolute atomic E-state index is 4.29. The fourth-order valence-electron chi connectivity index (χ4n) is 3.36. The van der Waals surface area contributed by atoms with Crippen LogP contribution in [0.25, 0.3) is 0 Å². The molecule has 0 spiro atoms. The molecule has 0 bridgehead atoms. The molecule has 1 aromatic heterocycles. The van der Waals surface area contributed by atoms with Gasteiger partial charge in [-0.3, -0.25) is 4.90 Å². The monoisotopic (exact) mass is 266 g/mol. The predicted molar refractivity (Wildman–Crippen MR) is 74.8 cm³/mol. The molecule has 4 nitrogen and oxygen atoms in total. The Morgan fingerprint density at radius 3 is 2.83 bits per heavy atom. The summed E-state index contributed by atoms with van der Waals surface area (Å²) in [5.74, 6) is 1.92. The molecule has 1 N–H and O–H groups in total. The lowest BCUT2D eigenvalue weighted by atomic mass is 10.0. The number of anilines is 1. The Bertz CT molecular complexity index is 380. The second kappa shape index (κ2) is 5.53. The lowest BCUT2D eigenvalue weighted by Gasteiger charge is -2.15. The largest absolute Gasteiger partial charge is 0.374 e. The van der Waals surface area contributed by atoms with E-state index in [1.54, 1.807) is 0 Å². The molecular weight excluding hydrogens is 244 g/mol. The fourth-order valence-corrected chi connectivity index (χ4v) is 3.96. The Morgan fingerprint density at radius 1 is 1.33 bits per heavy atom. The van der Waals surface area contributed by atoms with Crippen LogP contribution in [0.1, 0.15) is 38.3 Å². The molecule has 2 aliphatic rings. The third-order valence-corrected chi connectivity index (χ3v) is 4.99. The van der Waals surface area contributed by atoms with Crippen LogP contribution in [-0.2, 0) is 6.54 Å². The van der Waals surface area contributed by atoms with Crippen molar-refractivity contribution in [3.63, 3.8) is 0 Å². The number of nitrogens with zero attached hydrogens (tertiary/aromatic N) is 3. The van der Waals surface area contributed by atoms with E-state index >= 15 is 0 Å². The lowest BCUT2D eigenvalue weighted by molar-refractivity contribution is 0.300. The van der Waals surface area contributed by atoms with Crippen molar-refractivity contribution in [2.24, 2.45) is 11.8 Å². The molecule has 100 valence electrons. The summed E-state index contributed by atoms with van der Waals surface area (Å²) in [6.07, 6.45) is 5.48. The van der Waals surface area contributed by atoms with Gasteiger partial charge in [0.05, 0.1) is 0 Å². The third kappa shape index (κ3) is 2.52. The van der Waals surface area contributed by atoms with Crippen LogP contribution in [0.15, 0.2) is 0 Å². The van der Waals surface area contributed by atoms with Crippen LogP contribution in [-0.4, -0.2) is 34.1 Å². The Kier molecular flexibility index (Phi) is 3.80. The van der Waals surface area contributed by atoms with Gasteiger partial charge >= 0.3 is 0 Å². The van der Waals surface area contributed by atoms with Crippen molar-refractivity contribution in [2.75, 3.05) is 25.0 Å². The van der Waals surface area contributed by atoms with E-state index in [1.807, 2.05) is 0 Å². The van der Waals surface area contributed by atoms with Crippen LogP contribution in [0, 0.1) is 11.8 Å². The zero-order chi connectivity index (χ0) is 12.4. The Balaban J connectivity index is 1.58. The van der Waals surface area contributed by atoms with Crippen LogP contribution < -0.4 is 5.32 Å². The van der Waals surface area contributed by atoms with Crippen LogP contribution in [0.5, 0.6) is 0 Å². The van der Waals surface area contributed by atoms with Gasteiger partial charge in [-0.15, -0.1) is 5.10 Å². The van der Waals surface area contributed by atoms with Crippen LogP contribution >= 0.6 is 11.5 Å². The molecule has 2 fully saturated rings. The lowest BCUT2D eigenvalue weighted by Crippen LogP contribution is -2.22. The Morgan fingerprint density at radius 2 is 2.11 bits per heavy atom. The summed E-state index contributed by atoms with van der Waals surface area (Å²) in [6, 6.07) is 0. The third-order valence-electron chi connectivity index (χ3n) is 4.27. The van der Waals surface area contributed by atoms with Crippen molar-refractivity contribution >= 4 is 16.5 Å². The first-order valence-corrected chi connectivity index (χ1v) is 7.91. The second-order valence-corrected chi connectivity index (χ2v) is 6.37. The maximum atomic E-state index is 4.29. The van der Waals surface area contributed by atoms with Crippen LogP contribution in [0.3, 0.4) is 0 Å². The van der Waals surface area contributed by atoms with Crippen molar-refractivity contribution in [1.82, 2.24) is 14.5 Å². The fraction of sp³-hybridized carbons (Fsp3) is 0.846. The highest BCUT2D eigenvalue weighted by atomic mass is 32.1. The molecule has 5 heteroatoms. The molecule has 2 unspecified atom stereocenters. The Labute approximate surface area is 113 Å². The van der Waals surface area contributed by atoms with E-state index in [-0.39, 0.29) is 0 Å². The highest BCUT2D eigenvalue weighted by Gasteiger charge is 2.36. The average molecular weight is 266 g/mol. The number of aromatic nitrogens is 2. The van der Waals surface area contributed by atoms with Gasteiger partial charge in [-0.25, -0.2) is 0 Å². The van der Waals surface area contributed by atoms with Crippen molar-refractivity contribution in [3.8, 4) is 0 Å². The number of fused-ring (bicyclic) bond motifs is 1. The first-order valence-electron chi connectivity index (χ1n) is 7.14. The summed E-state index contributed by atoms with van der Waals surface area (Å²) >= 11 is 1.50. The molecule has 1 aromatic rings. The van der Waals surface area contributed by atoms with Gasteiger partial charge in [-0.2, -0.15) is 0 Å². The molecule has 2 heterocycles. The van der Waals surface area contributed by atoms with Gasteiger partial charge < -0.3 is 5.32 Å². The quantitative estimate of drug-likeness (QED) is 0.889.